The monoisotopic (exact) mass is 317 g/mol. The van der Waals surface area contributed by atoms with Crippen LogP contribution in [0.4, 0.5) is 17.6 Å². The van der Waals surface area contributed by atoms with Gasteiger partial charge in [-0.2, -0.15) is 15.1 Å². The molecule has 1 amide bonds. The van der Waals surface area contributed by atoms with Crippen molar-refractivity contribution in [3.63, 3.8) is 0 Å². The molecule has 0 saturated heterocycles. The largest absolute Gasteiger partial charge is 0.383 e. The standard InChI is InChI=1S/C13H15N7OS/c1-19(2)13-15-9(14)8-10(18-20(3)11(8)17-13)16-12(21)7-5-4-6-22-7/h4-6H,1-3H3,(H2,14,15,17)(H,16,18,21). The topological polar surface area (TPSA) is 102 Å². The summed E-state index contributed by atoms with van der Waals surface area (Å²) >= 11 is 1.36. The molecule has 0 atom stereocenters. The first-order valence-corrected chi connectivity index (χ1v) is 7.37. The van der Waals surface area contributed by atoms with Gasteiger partial charge in [0.15, 0.2) is 11.5 Å². The maximum atomic E-state index is 12.2. The van der Waals surface area contributed by atoms with Crippen LogP contribution in [0.5, 0.6) is 0 Å². The van der Waals surface area contributed by atoms with Crippen molar-refractivity contribution in [1.29, 1.82) is 0 Å². The summed E-state index contributed by atoms with van der Waals surface area (Å²) in [6.45, 7) is 0. The smallest absolute Gasteiger partial charge is 0.266 e. The van der Waals surface area contributed by atoms with Gasteiger partial charge in [-0.05, 0) is 11.4 Å². The van der Waals surface area contributed by atoms with E-state index >= 15 is 0 Å². The molecule has 114 valence electrons. The number of aryl methyl sites for hydroxylation is 1. The second kappa shape index (κ2) is 5.26. The van der Waals surface area contributed by atoms with Crippen LogP contribution < -0.4 is 16.0 Å². The van der Waals surface area contributed by atoms with Crippen molar-refractivity contribution in [3.05, 3.63) is 22.4 Å². The zero-order valence-electron chi connectivity index (χ0n) is 12.4. The SMILES string of the molecule is CN(C)c1nc(N)c2c(NC(=O)c3cccs3)nn(C)c2n1. The normalized spacial score (nSPS) is 10.9. The van der Waals surface area contributed by atoms with Gasteiger partial charge in [-0.3, -0.25) is 4.79 Å². The van der Waals surface area contributed by atoms with Crippen LogP contribution in [0, 0.1) is 0 Å². The summed E-state index contributed by atoms with van der Waals surface area (Å²) in [5.41, 5.74) is 6.59. The van der Waals surface area contributed by atoms with Crippen molar-refractivity contribution >= 4 is 45.9 Å². The summed E-state index contributed by atoms with van der Waals surface area (Å²) in [4.78, 5) is 23.2. The first-order valence-electron chi connectivity index (χ1n) is 6.49. The van der Waals surface area contributed by atoms with Gasteiger partial charge in [-0.1, -0.05) is 6.07 Å². The van der Waals surface area contributed by atoms with Crippen molar-refractivity contribution in [3.8, 4) is 0 Å². The second-order valence-electron chi connectivity index (χ2n) is 4.91. The lowest BCUT2D eigenvalue weighted by Gasteiger charge is -2.10. The van der Waals surface area contributed by atoms with Gasteiger partial charge in [0.05, 0.1) is 4.88 Å². The van der Waals surface area contributed by atoms with Crippen LogP contribution in [0.2, 0.25) is 0 Å². The summed E-state index contributed by atoms with van der Waals surface area (Å²) in [5.74, 6) is 0.900. The molecule has 3 N–H and O–H groups in total. The molecular formula is C13H15N7OS. The number of nitrogen functional groups attached to an aromatic ring is 1. The minimum absolute atomic E-state index is 0.230. The Morgan fingerprint density at radius 3 is 2.82 bits per heavy atom. The first kappa shape index (κ1) is 14.3. The molecule has 0 aliphatic carbocycles. The molecule has 0 radical (unpaired) electrons. The molecule has 0 saturated carbocycles. The minimum atomic E-state index is -0.230. The van der Waals surface area contributed by atoms with Gasteiger partial charge in [0, 0.05) is 21.1 Å². The Bertz CT molecular complexity index is 838. The number of amides is 1. The molecule has 8 nitrogen and oxygen atoms in total. The Kier molecular flexibility index (Phi) is 3.41. The lowest BCUT2D eigenvalue weighted by atomic mass is 10.3. The number of aromatic nitrogens is 4. The number of carbonyl (C=O) groups is 1. The van der Waals surface area contributed by atoms with Crippen LogP contribution in [0.15, 0.2) is 17.5 Å². The van der Waals surface area contributed by atoms with E-state index in [1.807, 2.05) is 25.5 Å². The predicted octanol–water partition coefficient (Wildman–Crippen LogP) is 1.33. The molecule has 0 fully saturated rings. The fourth-order valence-electron chi connectivity index (χ4n) is 2.03. The van der Waals surface area contributed by atoms with E-state index in [-0.39, 0.29) is 11.7 Å². The van der Waals surface area contributed by atoms with E-state index in [4.69, 9.17) is 5.73 Å². The molecular weight excluding hydrogens is 302 g/mol. The number of rotatable bonds is 3. The van der Waals surface area contributed by atoms with E-state index in [9.17, 15) is 4.79 Å². The Balaban J connectivity index is 2.06. The average molecular weight is 317 g/mol. The van der Waals surface area contributed by atoms with Crippen LogP contribution in [0.25, 0.3) is 11.0 Å². The van der Waals surface area contributed by atoms with Crippen LogP contribution in [-0.2, 0) is 7.05 Å². The summed E-state index contributed by atoms with van der Waals surface area (Å²) in [7, 11) is 5.40. The highest BCUT2D eigenvalue weighted by molar-refractivity contribution is 7.12. The third-order valence-corrected chi connectivity index (χ3v) is 3.94. The van der Waals surface area contributed by atoms with Gasteiger partial charge >= 0.3 is 0 Å². The highest BCUT2D eigenvalue weighted by Crippen LogP contribution is 2.28. The fraction of sp³-hybridized carbons (Fsp3) is 0.231. The zero-order chi connectivity index (χ0) is 15.9. The Hall–Kier alpha value is -2.68. The molecule has 22 heavy (non-hydrogen) atoms. The molecule has 3 heterocycles. The quantitative estimate of drug-likeness (QED) is 0.755. The highest BCUT2D eigenvalue weighted by Gasteiger charge is 2.19. The molecule has 0 aliphatic rings. The fourth-order valence-corrected chi connectivity index (χ4v) is 2.65. The summed E-state index contributed by atoms with van der Waals surface area (Å²) in [6, 6.07) is 3.56. The third-order valence-electron chi connectivity index (χ3n) is 3.08. The van der Waals surface area contributed by atoms with E-state index in [1.165, 1.54) is 11.3 Å². The molecule has 3 rings (SSSR count). The van der Waals surface area contributed by atoms with Gasteiger partial charge in [0.1, 0.15) is 11.2 Å². The van der Waals surface area contributed by atoms with Crippen LogP contribution in [-0.4, -0.2) is 39.8 Å². The molecule has 0 spiro atoms. The number of nitrogens with two attached hydrogens (primary N) is 1. The van der Waals surface area contributed by atoms with Crippen molar-refractivity contribution in [1.82, 2.24) is 19.7 Å². The Morgan fingerprint density at radius 1 is 1.41 bits per heavy atom. The Morgan fingerprint density at radius 2 is 2.18 bits per heavy atom. The number of carbonyl (C=O) groups excluding carboxylic acids is 1. The lowest BCUT2D eigenvalue weighted by molar-refractivity contribution is 0.103. The van der Waals surface area contributed by atoms with Gasteiger partial charge in [-0.25, -0.2) is 4.68 Å². The Labute approximate surface area is 130 Å². The number of fused-ring (bicyclic) bond motifs is 1. The molecule has 0 bridgehead atoms. The van der Waals surface area contributed by atoms with Gasteiger partial charge < -0.3 is 16.0 Å². The maximum Gasteiger partial charge on any atom is 0.266 e. The minimum Gasteiger partial charge on any atom is -0.383 e. The van der Waals surface area contributed by atoms with E-state index < -0.39 is 0 Å². The molecule has 0 unspecified atom stereocenters. The third kappa shape index (κ3) is 2.35. The molecule has 0 aliphatic heterocycles. The number of nitrogens with zero attached hydrogens (tertiary/aromatic N) is 5. The summed E-state index contributed by atoms with van der Waals surface area (Å²) < 4.78 is 1.57. The predicted molar refractivity (Wildman–Crippen MR) is 87.3 cm³/mol. The molecule has 3 aromatic heterocycles. The highest BCUT2D eigenvalue weighted by atomic mass is 32.1. The van der Waals surface area contributed by atoms with Crippen LogP contribution >= 0.6 is 11.3 Å². The molecule has 9 heteroatoms. The van der Waals surface area contributed by atoms with Gasteiger partial charge in [0.2, 0.25) is 5.95 Å². The lowest BCUT2D eigenvalue weighted by Crippen LogP contribution is -2.14. The van der Waals surface area contributed by atoms with Crippen molar-refractivity contribution in [2.45, 2.75) is 0 Å². The van der Waals surface area contributed by atoms with Gasteiger partial charge in [0.25, 0.3) is 5.91 Å². The number of hydrogen-bond acceptors (Lipinski definition) is 7. The number of hydrogen-bond donors (Lipinski definition) is 2. The molecule has 0 aromatic carbocycles. The first-order chi connectivity index (χ1) is 10.5. The zero-order valence-corrected chi connectivity index (χ0v) is 13.2. The van der Waals surface area contributed by atoms with E-state index in [0.29, 0.717) is 27.7 Å². The van der Waals surface area contributed by atoms with Crippen molar-refractivity contribution in [2.75, 3.05) is 30.0 Å². The summed E-state index contributed by atoms with van der Waals surface area (Å²) in [5, 5.41) is 9.43. The van der Waals surface area contributed by atoms with E-state index in [0.717, 1.165) is 0 Å². The van der Waals surface area contributed by atoms with E-state index in [2.05, 4.69) is 20.4 Å². The second-order valence-corrected chi connectivity index (χ2v) is 5.85. The number of anilines is 3. The number of thiophene rings is 1. The number of nitrogens with one attached hydrogen (secondary N) is 1. The molecule has 3 aromatic rings. The van der Waals surface area contributed by atoms with E-state index in [1.54, 1.807) is 22.7 Å². The van der Waals surface area contributed by atoms with Gasteiger partial charge in [-0.15, -0.1) is 11.3 Å². The summed E-state index contributed by atoms with van der Waals surface area (Å²) in [6.07, 6.45) is 0. The van der Waals surface area contributed by atoms with Crippen molar-refractivity contribution < 1.29 is 4.79 Å². The maximum absolute atomic E-state index is 12.2. The average Bonchev–Trinajstić information content (AvgIpc) is 3.08. The van der Waals surface area contributed by atoms with Crippen molar-refractivity contribution in [2.24, 2.45) is 7.05 Å². The van der Waals surface area contributed by atoms with Crippen LogP contribution in [0.1, 0.15) is 9.67 Å². The van der Waals surface area contributed by atoms with Crippen LogP contribution in [0.3, 0.4) is 0 Å².